The Morgan fingerprint density at radius 2 is 2.19 bits per heavy atom. The van der Waals surface area contributed by atoms with Crippen LogP contribution in [0.3, 0.4) is 0 Å². The smallest absolute Gasteiger partial charge is 0.277 e. The largest absolute Gasteiger partial charge is 0.484 e. The molecule has 2 aromatic rings. The molecule has 1 aliphatic carbocycles. The van der Waals surface area contributed by atoms with Crippen molar-refractivity contribution in [2.75, 3.05) is 5.75 Å². The Kier molecular flexibility index (Phi) is 6.35. The van der Waals surface area contributed by atoms with Crippen LogP contribution in [0.4, 0.5) is 0 Å². The van der Waals surface area contributed by atoms with Gasteiger partial charge in [-0.2, -0.15) is 5.26 Å². The highest BCUT2D eigenvalue weighted by atomic mass is 32.2. The Morgan fingerprint density at radius 3 is 2.93 bits per heavy atom. The summed E-state index contributed by atoms with van der Waals surface area (Å²) in [6.07, 6.45) is 4.47. The molecule has 3 rings (SSSR count). The molecule has 1 N–H and O–H groups in total. The van der Waals surface area contributed by atoms with E-state index < -0.39 is 5.54 Å². The molecular weight excluding hydrogens is 364 g/mol. The molecule has 1 saturated carbocycles. The number of nitrogens with one attached hydrogen (secondary N) is 1. The third kappa shape index (κ3) is 5.47. The van der Waals surface area contributed by atoms with Crippen molar-refractivity contribution in [1.29, 1.82) is 5.26 Å². The number of hydrogen-bond donors (Lipinski definition) is 1. The third-order valence-corrected chi connectivity index (χ3v) is 5.25. The minimum absolute atomic E-state index is 0.129. The molecule has 0 saturated heterocycles. The van der Waals surface area contributed by atoms with E-state index in [9.17, 15) is 10.1 Å². The highest BCUT2D eigenvalue weighted by molar-refractivity contribution is 7.99. The second kappa shape index (κ2) is 8.91. The maximum atomic E-state index is 12.2. The Balaban J connectivity index is 1.46. The van der Waals surface area contributed by atoms with Gasteiger partial charge in [-0.05, 0) is 37.5 Å². The molecule has 1 aromatic heterocycles. The number of nitrogens with zero attached hydrogens (tertiary/aromatic N) is 3. The first-order valence-corrected chi connectivity index (χ1v) is 9.94. The first-order valence-electron chi connectivity index (χ1n) is 8.95. The zero-order chi connectivity index (χ0) is 19.1. The van der Waals surface area contributed by atoms with Crippen LogP contribution in [0.25, 0.3) is 0 Å². The lowest BCUT2D eigenvalue weighted by atomic mass is 9.83. The molecule has 1 aromatic carbocycles. The zero-order valence-electron chi connectivity index (χ0n) is 15.2. The van der Waals surface area contributed by atoms with Gasteiger partial charge in [0.15, 0.2) is 6.61 Å². The number of carbonyl (C=O) groups is 1. The van der Waals surface area contributed by atoms with Crippen LogP contribution in [-0.2, 0) is 11.4 Å². The van der Waals surface area contributed by atoms with E-state index in [1.165, 1.54) is 0 Å². The number of aryl methyl sites for hydroxylation is 1. The van der Waals surface area contributed by atoms with Crippen LogP contribution in [0.1, 0.15) is 43.6 Å². The van der Waals surface area contributed by atoms with E-state index in [0.29, 0.717) is 24.0 Å². The summed E-state index contributed by atoms with van der Waals surface area (Å²) in [6.45, 7) is 2.16. The molecule has 0 aliphatic heterocycles. The van der Waals surface area contributed by atoms with Crippen molar-refractivity contribution < 1.29 is 13.9 Å². The van der Waals surface area contributed by atoms with Gasteiger partial charge in [0.2, 0.25) is 5.91 Å². The van der Waals surface area contributed by atoms with Gasteiger partial charge >= 0.3 is 0 Å². The van der Waals surface area contributed by atoms with E-state index in [1.807, 2.05) is 31.2 Å². The molecule has 0 atom stereocenters. The maximum Gasteiger partial charge on any atom is 0.277 e. The summed E-state index contributed by atoms with van der Waals surface area (Å²) in [4.78, 5) is 12.2. The highest BCUT2D eigenvalue weighted by Crippen LogP contribution is 2.28. The monoisotopic (exact) mass is 386 g/mol. The SMILES string of the molecule is Cc1cccc(OCc2nnc(SCC(=O)NC3(C#N)CCCCC3)o2)c1. The van der Waals surface area contributed by atoms with Gasteiger partial charge in [-0.1, -0.05) is 43.2 Å². The summed E-state index contributed by atoms with van der Waals surface area (Å²) in [5, 5.41) is 20.5. The second-order valence-electron chi connectivity index (χ2n) is 6.66. The van der Waals surface area contributed by atoms with Gasteiger partial charge in [0.25, 0.3) is 11.1 Å². The number of aromatic nitrogens is 2. The minimum Gasteiger partial charge on any atom is -0.484 e. The van der Waals surface area contributed by atoms with Gasteiger partial charge in [-0.15, -0.1) is 10.2 Å². The topological polar surface area (TPSA) is 101 Å². The lowest BCUT2D eigenvalue weighted by molar-refractivity contribution is -0.120. The molecule has 1 aliphatic rings. The quantitative estimate of drug-likeness (QED) is 0.728. The third-order valence-electron chi connectivity index (χ3n) is 4.43. The molecule has 0 radical (unpaired) electrons. The number of hydrogen-bond acceptors (Lipinski definition) is 7. The molecule has 0 bridgehead atoms. The summed E-state index contributed by atoms with van der Waals surface area (Å²) in [5.74, 6) is 1.01. The molecule has 8 heteroatoms. The molecule has 142 valence electrons. The first kappa shape index (κ1) is 19.2. The van der Waals surface area contributed by atoms with Crippen molar-refractivity contribution >= 4 is 17.7 Å². The number of nitriles is 1. The number of thioether (sulfide) groups is 1. The molecule has 7 nitrogen and oxygen atoms in total. The number of rotatable bonds is 7. The maximum absolute atomic E-state index is 12.2. The summed E-state index contributed by atoms with van der Waals surface area (Å²) in [7, 11) is 0. The molecule has 1 fully saturated rings. The van der Waals surface area contributed by atoms with Crippen LogP contribution in [0, 0.1) is 18.3 Å². The van der Waals surface area contributed by atoms with Gasteiger partial charge in [0.1, 0.15) is 11.3 Å². The normalized spacial score (nSPS) is 15.7. The van der Waals surface area contributed by atoms with Crippen LogP contribution in [0.2, 0.25) is 0 Å². The Labute approximate surface area is 162 Å². The van der Waals surface area contributed by atoms with Gasteiger partial charge in [0, 0.05) is 0 Å². The van der Waals surface area contributed by atoms with E-state index in [4.69, 9.17) is 9.15 Å². The standard InChI is InChI=1S/C19H22N4O3S/c1-14-6-5-7-15(10-14)25-11-17-22-23-18(26-17)27-12-16(24)21-19(13-20)8-3-2-4-9-19/h5-7,10H,2-4,8-9,11-12H2,1H3,(H,21,24). The number of ether oxygens (including phenoxy) is 1. The van der Waals surface area contributed by atoms with Crippen LogP contribution < -0.4 is 10.1 Å². The van der Waals surface area contributed by atoms with Crippen LogP contribution >= 0.6 is 11.8 Å². The second-order valence-corrected chi connectivity index (χ2v) is 7.58. The first-order chi connectivity index (χ1) is 13.1. The van der Waals surface area contributed by atoms with Gasteiger partial charge in [0.05, 0.1) is 11.8 Å². The van der Waals surface area contributed by atoms with Crippen molar-refractivity contribution in [2.45, 2.75) is 56.4 Å². The Bertz CT molecular complexity index is 824. The zero-order valence-corrected chi connectivity index (χ0v) is 16.1. The molecule has 0 unspecified atom stereocenters. The van der Waals surface area contributed by atoms with Crippen molar-refractivity contribution in [3.05, 3.63) is 35.7 Å². The Morgan fingerprint density at radius 1 is 1.37 bits per heavy atom. The molecular formula is C19H22N4O3S. The van der Waals surface area contributed by atoms with Crippen LogP contribution in [0.15, 0.2) is 33.9 Å². The van der Waals surface area contributed by atoms with Gasteiger partial charge in [-0.3, -0.25) is 4.79 Å². The average Bonchev–Trinajstić information content (AvgIpc) is 3.13. The van der Waals surface area contributed by atoms with E-state index >= 15 is 0 Å². The molecule has 27 heavy (non-hydrogen) atoms. The average molecular weight is 386 g/mol. The van der Waals surface area contributed by atoms with E-state index in [2.05, 4.69) is 21.6 Å². The Hall–Kier alpha value is -2.53. The number of amides is 1. The van der Waals surface area contributed by atoms with Gasteiger partial charge < -0.3 is 14.5 Å². The summed E-state index contributed by atoms with van der Waals surface area (Å²) in [6, 6.07) is 9.97. The van der Waals surface area contributed by atoms with E-state index in [1.54, 1.807) is 0 Å². The van der Waals surface area contributed by atoms with Crippen molar-refractivity contribution in [2.24, 2.45) is 0 Å². The van der Waals surface area contributed by atoms with Gasteiger partial charge in [-0.25, -0.2) is 0 Å². The molecule has 0 spiro atoms. The van der Waals surface area contributed by atoms with Crippen LogP contribution in [0.5, 0.6) is 5.75 Å². The predicted molar refractivity (Wildman–Crippen MR) is 100 cm³/mol. The molecule has 1 amide bonds. The lowest BCUT2D eigenvalue weighted by Gasteiger charge is -2.31. The molecule has 1 heterocycles. The summed E-state index contributed by atoms with van der Waals surface area (Å²) in [5.41, 5.74) is 0.380. The summed E-state index contributed by atoms with van der Waals surface area (Å²) >= 11 is 1.15. The minimum atomic E-state index is -0.725. The van der Waals surface area contributed by atoms with E-state index in [0.717, 1.165) is 42.3 Å². The fourth-order valence-electron chi connectivity index (χ4n) is 3.06. The fraction of sp³-hybridized carbons (Fsp3) is 0.474. The lowest BCUT2D eigenvalue weighted by Crippen LogP contribution is -2.49. The summed E-state index contributed by atoms with van der Waals surface area (Å²) < 4.78 is 11.1. The predicted octanol–water partition coefficient (Wildman–Crippen LogP) is 3.39. The van der Waals surface area contributed by atoms with Crippen LogP contribution in [-0.4, -0.2) is 27.4 Å². The van der Waals surface area contributed by atoms with Crippen molar-refractivity contribution in [1.82, 2.24) is 15.5 Å². The number of benzene rings is 1. The van der Waals surface area contributed by atoms with Crippen molar-refractivity contribution in [3.8, 4) is 11.8 Å². The highest BCUT2D eigenvalue weighted by Gasteiger charge is 2.33. The fourth-order valence-corrected chi connectivity index (χ4v) is 3.64. The van der Waals surface area contributed by atoms with Crippen molar-refractivity contribution in [3.63, 3.8) is 0 Å². The van der Waals surface area contributed by atoms with E-state index in [-0.39, 0.29) is 18.3 Å². The number of carbonyl (C=O) groups excluding carboxylic acids is 1.